The van der Waals surface area contributed by atoms with Gasteiger partial charge in [0, 0.05) is 10.6 Å². The molecule has 0 aliphatic rings. The molecule has 0 aromatic heterocycles. The maximum atomic E-state index is 9.38. The molecule has 2 rings (SSSR count). The SMILES string of the molecule is CCSc1cccc(Nc2ccc(CC)cc2)c1C#N. The van der Waals surface area contributed by atoms with E-state index in [1.807, 2.05) is 18.2 Å². The molecule has 0 unspecified atom stereocenters. The van der Waals surface area contributed by atoms with E-state index >= 15 is 0 Å². The summed E-state index contributed by atoms with van der Waals surface area (Å²) in [6.07, 6.45) is 1.03. The second-order valence-electron chi connectivity index (χ2n) is 4.40. The van der Waals surface area contributed by atoms with Crippen molar-refractivity contribution in [1.29, 1.82) is 5.26 Å². The van der Waals surface area contributed by atoms with Crippen LogP contribution < -0.4 is 5.32 Å². The molecule has 0 heterocycles. The van der Waals surface area contributed by atoms with Gasteiger partial charge < -0.3 is 5.32 Å². The van der Waals surface area contributed by atoms with Gasteiger partial charge in [0.15, 0.2) is 0 Å². The zero-order chi connectivity index (χ0) is 14.4. The monoisotopic (exact) mass is 282 g/mol. The number of rotatable bonds is 5. The largest absolute Gasteiger partial charge is 0.354 e. The zero-order valence-electron chi connectivity index (χ0n) is 11.8. The molecular formula is C17H18N2S. The van der Waals surface area contributed by atoms with Crippen molar-refractivity contribution < 1.29 is 0 Å². The smallest absolute Gasteiger partial charge is 0.103 e. The number of nitrogens with one attached hydrogen (secondary N) is 1. The molecule has 0 saturated heterocycles. The Morgan fingerprint density at radius 2 is 1.85 bits per heavy atom. The van der Waals surface area contributed by atoms with Crippen LogP contribution in [-0.4, -0.2) is 5.75 Å². The van der Waals surface area contributed by atoms with Crippen LogP contribution in [0.2, 0.25) is 0 Å². The van der Waals surface area contributed by atoms with E-state index in [0.717, 1.165) is 34.0 Å². The van der Waals surface area contributed by atoms with Crippen molar-refractivity contribution in [3.8, 4) is 6.07 Å². The summed E-state index contributed by atoms with van der Waals surface area (Å²) >= 11 is 1.69. The highest BCUT2D eigenvalue weighted by Crippen LogP contribution is 2.29. The number of anilines is 2. The summed E-state index contributed by atoms with van der Waals surface area (Å²) in [5, 5.41) is 12.7. The van der Waals surface area contributed by atoms with Crippen molar-refractivity contribution >= 4 is 23.1 Å². The van der Waals surface area contributed by atoms with E-state index in [4.69, 9.17) is 0 Å². The number of hydrogen-bond donors (Lipinski definition) is 1. The Hall–Kier alpha value is -1.92. The van der Waals surface area contributed by atoms with Gasteiger partial charge in [0.1, 0.15) is 6.07 Å². The predicted molar refractivity (Wildman–Crippen MR) is 86.7 cm³/mol. The molecule has 0 amide bonds. The average molecular weight is 282 g/mol. The minimum atomic E-state index is 0.721. The van der Waals surface area contributed by atoms with Gasteiger partial charge in [-0.3, -0.25) is 0 Å². The lowest BCUT2D eigenvalue weighted by atomic mass is 10.1. The molecule has 0 atom stereocenters. The van der Waals surface area contributed by atoms with E-state index in [1.54, 1.807) is 11.8 Å². The molecule has 102 valence electrons. The third-order valence-electron chi connectivity index (χ3n) is 3.08. The van der Waals surface area contributed by atoms with Gasteiger partial charge in [0.2, 0.25) is 0 Å². The van der Waals surface area contributed by atoms with E-state index in [1.165, 1.54) is 5.56 Å². The standard InChI is InChI=1S/C17H18N2S/c1-3-13-8-10-14(11-9-13)19-16-6-5-7-17(20-4-2)15(16)12-18/h5-11,19H,3-4H2,1-2H3. The van der Waals surface area contributed by atoms with Gasteiger partial charge in [-0.05, 0) is 42.0 Å². The minimum Gasteiger partial charge on any atom is -0.354 e. The topological polar surface area (TPSA) is 35.8 Å². The first-order valence-corrected chi connectivity index (χ1v) is 7.79. The highest BCUT2D eigenvalue weighted by Gasteiger charge is 2.08. The maximum Gasteiger partial charge on any atom is 0.103 e. The van der Waals surface area contributed by atoms with Crippen LogP contribution >= 0.6 is 11.8 Å². The molecule has 2 aromatic rings. The van der Waals surface area contributed by atoms with Gasteiger partial charge in [0.25, 0.3) is 0 Å². The van der Waals surface area contributed by atoms with Crippen molar-refractivity contribution in [1.82, 2.24) is 0 Å². The van der Waals surface area contributed by atoms with E-state index < -0.39 is 0 Å². The quantitative estimate of drug-likeness (QED) is 0.786. The summed E-state index contributed by atoms with van der Waals surface area (Å²) in [6, 6.07) is 16.6. The van der Waals surface area contributed by atoms with Crippen LogP contribution in [0.15, 0.2) is 47.4 Å². The van der Waals surface area contributed by atoms with Crippen LogP contribution in [0.25, 0.3) is 0 Å². The Balaban J connectivity index is 2.28. The van der Waals surface area contributed by atoms with Gasteiger partial charge in [-0.15, -0.1) is 11.8 Å². The normalized spacial score (nSPS) is 10.1. The second-order valence-corrected chi connectivity index (χ2v) is 5.70. The van der Waals surface area contributed by atoms with Crippen molar-refractivity contribution in [3.63, 3.8) is 0 Å². The number of thioether (sulfide) groups is 1. The molecule has 3 heteroatoms. The fraction of sp³-hybridized carbons (Fsp3) is 0.235. The van der Waals surface area contributed by atoms with Crippen molar-refractivity contribution in [2.75, 3.05) is 11.1 Å². The molecule has 0 aliphatic carbocycles. The average Bonchev–Trinajstić information content (AvgIpc) is 2.49. The molecule has 0 bridgehead atoms. The number of nitriles is 1. The van der Waals surface area contributed by atoms with Crippen molar-refractivity contribution in [2.45, 2.75) is 25.2 Å². The molecule has 0 aliphatic heterocycles. The van der Waals surface area contributed by atoms with Crippen LogP contribution in [0.1, 0.15) is 25.0 Å². The molecule has 0 radical (unpaired) electrons. The Bertz CT molecular complexity index is 612. The van der Waals surface area contributed by atoms with Gasteiger partial charge >= 0.3 is 0 Å². The predicted octanol–water partition coefficient (Wildman–Crippen LogP) is 4.98. The zero-order valence-corrected chi connectivity index (χ0v) is 12.6. The molecule has 0 fully saturated rings. The number of aryl methyl sites for hydroxylation is 1. The van der Waals surface area contributed by atoms with E-state index in [0.29, 0.717) is 0 Å². The Morgan fingerprint density at radius 1 is 1.10 bits per heavy atom. The van der Waals surface area contributed by atoms with Crippen LogP contribution in [0.4, 0.5) is 11.4 Å². The molecular weight excluding hydrogens is 264 g/mol. The number of hydrogen-bond acceptors (Lipinski definition) is 3. The third kappa shape index (κ3) is 3.34. The fourth-order valence-electron chi connectivity index (χ4n) is 2.01. The molecule has 0 spiro atoms. The minimum absolute atomic E-state index is 0.721. The van der Waals surface area contributed by atoms with Gasteiger partial charge in [0.05, 0.1) is 11.3 Å². The van der Waals surface area contributed by atoms with Crippen LogP contribution in [0.3, 0.4) is 0 Å². The first-order chi connectivity index (χ1) is 9.78. The highest BCUT2D eigenvalue weighted by molar-refractivity contribution is 7.99. The Labute approximate surface area is 124 Å². The Morgan fingerprint density at radius 3 is 2.45 bits per heavy atom. The molecule has 0 saturated carbocycles. The summed E-state index contributed by atoms with van der Waals surface area (Å²) < 4.78 is 0. The highest BCUT2D eigenvalue weighted by atomic mass is 32.2. The van der Waals surface area contributed by atoms with E-state index in [-0.39, 0.29) is 0 Å². The van der Waals surface area contributed by atoms with Gasteiger partial charge in [-0.1, -0.05) is 32.0 Å². The first kappa shape index (κ1) is 14.5. The van der Waals surface area contributed by atoms with E-state index in [9.17, 15) is 5.26 Å². The van der Waals surface area contributed by atoms with Crippen molar-refractivity contribution in [2.24, 2.45) is 0 Å². The summed E-state index contributed by atoms with van der Waals surface area (Å²) in [4.78, 5) is 1.03. The fourth-order valence-corrected chi connectivity index (χ4v) is 2.79. The number of nitrogens with zero attached hydrogens (tertiary/aromatic N) is 1. The summed E-state index contributed by atoms with van der Waals surface area (Å²) in [6.45, 7) is 4.23. The first-order valence-electron chi connectivity index (χ1n) is 6.80. The van der Waals surface area contributed by atoms with Gasteiger partial charge in [-0.2, -0.15) is 5.26 Å². The molecule has 1 N–H and O–H groups in total. The summed E-state index contributed by atoms with van der Waals surface area (Å²) in [5.41, 5.74) is 3.91. The summed E-state index contributed by atoms with van der Waals surface area (Å²) in [5.74, 6) is 0.962. The van der Waals surface area contributed by atoms with Crippen LogP contribution in [0.5, 0.6) is 0 Å². The number of benzene rings is 2. The lowest BCUT2D eigenvalue weighted by molar-refractivity contribution is 1.14. The van der Waals surface area contributed by atoms with Crippen LogP contribution in [0, 0.1) is 11.3 Å². The summed E-state index contributed by atoms with van der Waals surface area (Å²) in [7, 11) is 0. The molecule has 2 nitrogen and oxygen atoms in total. The van der Waals surface area contributed by atoms with Crippen LogP contribution in [-0.2, 0) is 6.42 Å². The molecule has 2 aromatic carbocycles. The lowest BCUT2D eigenvalue weighted by Gasteiger charge is -2.11. The Kier molecular flexibility index (Phi) is 5.09. The van der Waals surface area contributed by atoms with E-state index in [2.05, 4.69) is 49.5 Å². The maximum absolute atomic E-state index is 9.38. The lowest BCUT2D eigenvalue weighted by Crippen LogP contribution is -1.95. The molecule has 20 heavy (non-hydrogen) atoms. The van der Waals surface area contributed by atoms with Gasteiger partial charge in [-0.25, -0.2) is 0 Å². The van der Waals surface area contributed by atoms with Crippen molar-refractivity contribution in [3.05, 3.63) is 53.6 Å². The third-order valence-corrected chi connectivity index (χ3v) is 4.02. The second kappa shape index (κ2) is 7.02.